The van der Waals surface area contributed by atoms with Gasteiger partial charge in [-0.1, -0.05) is 0 Å². The van der Waals surface area contributed by atoms with E-state index in [2.05, 4.69) is 10.6 Å². The van der Waals surface area contributed by atoms with E-state index in [4.69, 9.17) is 25.1 Å². The van der Waals surface area contributed by atoms with Crippen LogP contribution in [0.1, 0.15) is 40.0 Å². The summed E-state index contributed by atoms with van der Waals surface area (Å²) in [5.41, 5.74) is 5.39. The molecule has 0 fully saturated rings. The monoisotopic (exact) mass is 507 g/mol. The van der Waals surface area contributed by atoms with Crippen LogP contribution in [-0.2, 0) is 43.0 Å². The Kier molecular flexibility index (Phi) is 16.1. The Bertz CT molecular complexity index is 719. The van der Waals surface area contributed by atoms with Gasteiger partial charge in [0, 0.05) is 12.2 Å². The quantitative estimate of drug-likeness (QED) is 0.138. The smallest absolute Gasteiger partial charge is 0.325 e. The molecule has 14 heteroatoms. The first kappa shape index (κ1) is 31.1. The standard InChI is InChI=1S/C20H33N3O10S/c1-4-31-16(25)9-14(20(30)33-6-3)34-11-13(18(27)22-10-17(26)32-5-2)23-15(24)8-7-12(21)19(28)29/h12-14H,4-11,21H2,1-3H3,(H,22,27)(H,23,24)(H,28,29). The summed E-state index contributed by atoms with van der Waals surface area (Å²) < 4.78 is 14.6. The normalized spacial score (nSPS) is 13.1. The van der Waals surface area contributed by atoms with E-state index in [-0.39, 0.29) is 44.8 Å². The van der Waals surface area contributed by atoms with Crippen molar-refractivity contribution in [1.29, 1.82) is 0 Å². The Hall–Kier alpha value is -2.87. The van der Waals surface area contributed by atoms with Gasteiger partial charge in [0.05, 0.1) is 26.2 Å². The van der Waals surface area contributed by atoms with Gasteiger partial charge in [0.15, 0.2) is 0 Å². The molecule has 0 spiro atoms. The maximum Gasteiger partial charge on any atom is 0.325 e. The van der Waals surface area contributed by atoms with Gasteiger partial charge in [-0.25, -0.2) is 0 Å². The second-order valence-corrected chi connectivity index (χ2v) is 7.95. The third kappa shape index (κ3) is 13.6. The molecule has 0 heterocycles. The molecule has 0 aliphatic carbocycles. The fraction of sp³-hybridized carbons (Fsp3) is 0.700. The van der Waals surface area contributed by atoms with Crippen LogP contribution in [0.4, 0.5) is 0 Å². The van der Waals surface area contributed by atoms with E-state index in [0.29, 0.717) is 0 Å². The van der Waals surface area contributed by atoms with Gasteiger partial charge in [-0.2, -0.15) is 0 Å². The summed E-state index contributed by atoms with van der Waals surface area (Å²) in [7, 11) is 0. The molecule has 0 aromatic carbocycles. The molecule has 2 amide bonds. The van der Waals surface area contributed by atoms with Crippen LogP contribution in [0.3, 0.4) is 0 Å². The Morgan fingerprint density at radius 1 is 0.941 bits per heavy atom. The van der Waals surface area contributed by atoms with Crippen LogP contribution in [0, 0.1) is 0 Å². The number of carboxylic acids is 1. The molecule has 34 heavy (non-hydrogen) atoms. The Morgan fingerprint density at radius 3 is 2.09 bits per heavy atom. The van der Waals surface area contributed by atoms with Crippen molar-refractivity contribution < 1.29 is 48.1 Å². The highest BCUT2D eigenvalue weighted by Crippen LogP contribution is 2.19. The molecular weight excluding hydrogens is 474 g/mol. The molecule has 194 valence electrons. The maximum absolute atomic E-state index is 12.6. The zero-order valence-electron chi connectivity index (χ0n) is 19.5. The molecule has 0 aromatic heterocycles. The molecule has 0 radical (unpaired) electrons. The molecule has 0 bridgehead atoms. The number of ether oxygens (including phenoxy) is 3. The highest BCUT2D eigenvalue weighted by atomic mass is 32.2. The first-order valence-corrected chi connectivity index (χ1v) is 11.7. The number of hydrogen-bond donors (Lipinski definition) is 4. The molecule has 0 saturated carbocycles. The lowest BCUT2D eigenvalue weighted by molar-refractivity contribution is -0.149. The van der Waals surface area contributed by atoms with Crippen molar-refractivity contribution in [2.45, 2.75) is 57.4 Å². The number of carboxylic acid groups (broad SMARTS) is 1. The third-order valence-electron chi connectivity index (χ3n) is 4.03. The second kappa shape index (κ2) is 17.6. The molecule has 0 aromatic rings. The second-order valence-electron chi connectivity index (χ2n) is 6.71. The summed E-state index contributed by atoms with van der Waals surface area (Å²) in [5.74, 6) is -4.85. The van der Waals surface area contributed by atoms with Crippen LogP contribution in [0.15, 0.2) is 0 Å². The van der Waals surface area contributed by atoms with E-state index in [1.165, 1.54) is 0 Å². The molecule has 5 N–H and O–H groups in total. The topological polar surface area (TPSA) is 200 Å². The lowest BCUT2D eigenvalue weighted by Gasteiger charge is -2.21. The number of carbonyl (C=O) groups excluding carboxylic acids is 5. The zero-order valence-corrected chi connectivity index (χ0v) is 20.3. The lowest BCUT2D eigenvalue weighted by atomic mass is 10.1. The van der Waals surface area contributed by atoms with Crippen LogP contribution in [-0.4, -0.2) is 90.2 Å². The fourth-order valence-electron chi connectivity index (χ4n) is 2.38. The average Bonchev–Trinajstić information content (AvgIpc) is 2.77. The lowest BCUT2D eigenvalue weighted by Crippen LogP contribution is -2.50. The van der Waals surface area contributed by atoms with Crippen molar-refractivity contribution in [1.82, 2.24) is 10.6 Å². The fourth-order valence-corrected chi connectivity index (χ4v) is 3.50. The minimum Gasteiger partial charge on any atom is -0.480 e. The van der Waals surface area contributed by atoms with Crippen LogP contribution < -0.4 is 16.4 Å². The van der Waals surface area contributed by atoms with Gasteiger partial charge in [-0.15, -0.1) is 11.8 Å². The number of rotatable bonds is 17. The first-order valence-electron chi connectivity index (χ1n) is 10.7. The van der Waals surface area contributed by atoms with E-state index in [1.807, 2.05) is 0 Å². The molecule has 0 saturated heterocycles. The van der Waals surface area contributed by atoms with Gasteiger partial charge >= 0.3 is 23.9 Å². The predicted molar refractivity (Wildman–Crippen MR) is 121 cm³/mol. The van der Waals surface area contributed by atoms with Crippen molar-refractivity contribution in [2.75, 3.05) is 32.1 Å². The molecular formula is C20H33N3O10S. The molecule has 0 aliphatic rings. The maximum atomic E-state index is 12.6. The molecule has 0 rings (SSSR count). The van der Waals surface area contributed by atoms with E-state index < -0.39 is 59.6 Å². The highest BCUT2D eigenvalue weighted by Gasteiger charge is 2.29. The van der Waals surface area contributed by atoms with Gasteiger partial charge in [0.25, 0.3) is 0 Å². The highest BCUT2D eigenvalue weighted by molar-refractivity contribution is 8.00. The number of esters is 3. The summed E-state index contributed by atoms with van der Waals surface area (Å²) in [6, 6.07) is -2.47. The number of carbonyl (C=O) groups is 6. The van der Waals surface area contributed by atoms with Gasteiger partial charge in [-0.05, 0) is 27.2 Å². The largest absolute Gasteiger partial charge is 0.480 e. The van der Waals surface area contributed by atoms with Gasteiger partial charge < -0.3 is 35.7 Å². The predicted octanol–water partition coefficient (Wildman–Crippen LogP) is -1.04. The van der Waals surface area contributed by atoms with E-state index in [1.54, 1.807) is 20.8 Å². The van der Waals surface area contributed by atoms with Crippen LogP contribution in [0.2, 0.25) is 0 Å². The number of thioether (sulfide) groups is 1. The molecule has 3 atom stereocenters. The van der Waals surface area contributed by atoms with Crippen LogP contribution in [0.5, 0.6) is 0 Å². The SMILES string of the molecule is CCOC(=O)CNC(=O)C(CSC(CC(=O)OCC)C(=O)OCC)NC(=O)CCC(N)C(=O)O. The van der Waals surface area contributed by atoms with Gasteiger partial charge in [-0.3, -0.25) is 28.8 Å². The summed E-state index contributed by atoms with van der Waals surface area (Å²) in [5, 5.41) is 12.6. The number of aliphatic carboxylic acids is 1. The summed E-state index contributed by atoms with van der Waals surface area (Å²) in [6.45, 7) is 4.66. The van der Waals surface area contributed by atoms with Crippen molar-refractivity contribution in [3.05, 3.63) is 0 Å². The molecule has 13 nitrogen and oxygen atoms in total. The summed E-state index contributed by atoms with van der Waals surface area (Å²) in [4.78, 5) is 71.3. The van der Waals surface area contributed by atoms with E-state index in [9.17, 15) is 28.8 Å². The average molecular weight is 508 g/mol. The van der Waals surface area contributed by atoms with Crippen molar-refractivity contribution >= 4 is 47.5 Å². The van der Waals surface area contributed by atoms with Crippen LogP contribution >= 0.6 is 11.8 Å². The zero-order chi connectivity index (χ0) is 26.1. The molecule has 0 aliphatic heterocycles. The minimum absolute atomic E-state index is 0.0722. The Labute approximate surface area is 201 Å². The Morgan fingerprint density at radius 2 is 1.53 bits per heavy atom. The summed E-state index contributed by atoms with van der Waals surface area (Å²) >= 11 is 0.890. The number of amides is 2. The summed E-state index contributed by atoms with van der Waals surface area (Å²) in [6.07, 6.45) is -0.750. The number of hydrogen-bond acceptors (Lipinski definition) is 11. The first-order chi connectivity index (χ1) is 16.0. The van der Waals surface area contributed by atoms with E-state index >= 15 is 0 Å². The van der Waals surface area contributed by atoms with Gasteiger partial charge in [0.2, 0.25) is 11.8 Å². The van der Waals surface area contributed by atoms with E-state index in [0.717, 1.165) is 11.8 Å². The molecule has 3 unspecified atom stereocenters. The van der Waals surface area contributed by atoms with Crippen molar-refractivity contribution in [3.63, 3.8) is 0 Å². The van der Waals surface area contributed by atoms with Crippen molar-refractivity contribution in [2.24, 2.45) is 5.73 Å². The van der Waals surface area contributed by atoms with Crippen LogP contribution in [0.25, 0.3) is 0 Å². The number of nitrogens with two attached hydrogens (primary N) is 1. The number of nitrogens with one attached hydrogen (secondary N) is 2. The van der Waals surface area contributed by atoms with Gasteiger partial charge in [0.1, 0.15) is 23.9 Å². The minimum atomic E-state index is -1.27. The Balaban J connectivity index is 5.30. The van der Waals surface area contributed by atoms with Crippen molar-refractivity contribution in [3.8, 4) is 0 Å². The third-order valence-corrected chi connectivity index (χ3v) is 5.32.